The SMILES string of the molecule is CCn1nc(C2(N)CC2)cc1Nc1nc(-c2ccc(N3C=CC(C)C(C)=C3)c(C)n2)cs1. The zero-order valence-corrected chi connectivity index (χ0v) is 19.8. The molecule has 32 heavy (non-hydrogen) atoms. The third kappa shape index (κ3) is 3.84. The van der Waals surface area contributed by atoms with Crippen molar-refractivity contribution in [3.05, 3.63) is 59.0 Å². The van der Waals surface area contributed by atoms with Gasteiger partial charge in [-0.2, -0.15) is 5.10 Å². The molecule has 5 rings (SSSR count). The summed E-state index contributed by atoms with van der Waals surface area (Å²) in [6.45, 7) is 9.26. The van der Waals surface area contributed by atoms with Gasteiger partial charge in [0.05, 0.1) is 28.3 Å². The molecule has 0 bridgehead atoms. The molecule has 3 N–H and O–H groups in total. The van der Waals surface area contributed by atoms with E-state index >= 15 is 0 Å². The molecule has 7 nitrogen and oxygen atoms in total. The molecule has 3 aromatic rings. The van der Waals surface area contributed by atoms with Crippen LogP contribution in [0.15, 0.2) is 47.6 Å². The molecule has 8 heteroatoms. The number of hydrogen-bond acceptors (Lipinski definition) is 7. The monoisotopic (exact) mass is 447 g/mol. The van der Waals surface area contributed by atoms with E-state index in [9.17, 15) is 0 Å². The molecule has 0 spiro atoms. The second kappa shape index (κ2) is 7.86. The molecule has 0 amide bonds. The molecule has 0 radical (unpaired) electrons. The van der Waals surface area contributed by atoms with E-state index in [1.807, 2.05) is 23.1 Å². The minimum atomic E-state index is -0.247. The Morgan fingerprint density at radius 3 is 2.72 bits per heavy atom. The molecule has 4 heterocycles. The van der Waals surface area contributed by atoms with Crippen LogP contribution in [0.3, 0.4) is 0 Å². The summed E-state index contributed by atoms with van der Waals surface area (Å²) in [7, 11) is 0. The van der Waals surface area contributed by atoms with Gasteiger partial charge in [0.25, 0.3) is 0 Å². The molecule has 0 aromatic carbocycles. The molecule has 1 aliphatic heterocycles. The fraction of sp³-hybridized carbons (Fsp3) is 0.375. The Morgan fingerprint density at radius 1 is 1.22 bits per heavy atom. The average molecular weight is 448 g/mol. The Labute approximate surface area is 192 Å². The number of anilines is 3. The summed E-state index contributed by atoms with van der Waals surface area (Å²) in [5.41, 5.74) is 12.2. The van der Waals surface area contributed by atoms with Gasteiger partial charge in [-0.3, -0.25) is 0 Å². The number of rotatable bonds is 6. The lowest BCUT2D eigenvalue weighted by atomic mass is 10.0. The van der Waals surface area contributed by atoms with E-state index in [4.69, 9.17) is 15.7 Å². The number of aryl methyl sites for hydroxylation is 2. The first kappa shape index (κ1) is 20.9. The van der Waals surface area contributed by atoms with Gasteiger partial charge in [0.1, 0.15) is 11.5 Å². The summed E-state index contributed by atoms with van der Waals surface area (Å²) in [4.78, 5) is 11.8. The van der Waals surface area contributed by atoms with Crippen molar-refractivity contribution in [2.24, 2.45) is 11.7 Å². The summed E-state index contributed by atoms with van der Waals surface area (Å²) in [6, 6.07) is 6.20. The lowest BCUT2D eigenvalue weighted by molar-refractivity contribution is 0.617. The lowest BCUT2D eigenvalue weighted by Crippen LogP contribution is -2.19. The van der Waals surface area contributed by atoms with Crippen LogP contribution in [0.25, 0.3) is 11.4 Å². The standard InChI is InChI=1S/C24H29N7S/c1-5-31-22(12-21(29-31)24(25)9-10-24)28-23-27-19(14-32-23)18-6-7-20(17(4)26-18)30-11-8-15(2)16(3)13-30/h6-8,11-15H,5,9-10,25H2,1-4H3,(H,27,28). The van der Waals surface area contributed by atoms with Crippen molar-refractivity contribution >= 4 is 28.0 Å². The highest BCUT2D eigenvalue weighted by atomic mass is 32.1. The second-order valence-electron chi connectivity index (χ2n) is 8.76. The van der Waals surface area contributed by atoms with Crippen molar-refractivity contribution < 1.29 is 0 Å². The summed E-state index contributed by atoms with van der Waals surface area (Å²) >= 11 is 1.56. The van der Waals surface area contributed by atoms with Crippen molar-refractivity contribution in [2.45, 2.75) is 52.6 Å². The Hall–Kier alpha value is -2.97. The molecular formula is C24H29N7S. The van der Waals surface area contributed by atoms with Crippen LogP contribution in [-0.2, 0) is 12.1 Å². The molecule has 1 aliphatic carbocycles. The van der Waals surface area contributed by atoms with Crippen LogP contribution >= 0.6 is 11.3 Å². The Balaban J connectivity index is 1.36. The first-order valence-electron chi connectivity index (χ1n) is 11.1. The van der Waals surface area contributed by atoms with Crippen molar-refractivity contribution in [1.29, 1.82) is 0 Å². The fourth-order valence-corrected chi connectivity index (χ4v) is 4.53. The van der Waals surface area contributed by atoms with E-state index in [0.29, 0.717) is 5.92 Å². The van der Waals surface area contributed by atoms with E-state index in [-0.39, 0.29) is 5.54 Å². The number of pyridine rings is 1. The minimum absolute atomic E-state index is 0.247. The molecule has 1 fully saturated rings. The van der Waals surface area contributed by atoms with Crippen LogP contribution in [0.2, 0.25) is 0 Å². The van der Waals surface area contributed by atoms with Crippen LogP contribution in [0.5, 0.6) is 0 Å². The predicted molar refractivity (Wildman–Crippen MR) is 131 cm³/mol. The Kier molecular flexibility index (Phi) is 5.14. The number of nitrogens with one attached hydrogen (secondary N) is 1. The van der Waals surface area contributed by atoms with E-state index in [1.54, 1.807) is 11.3 Å². The van der Waals surface area contributed by atoms with Crippen LogP contribution in [0.4, 0.5) is 16.6 Å². The normalized spacial score (nSPS) is 19.2. The lowest BCUT2D eigenvalue weighted by Gasteiger charge is -2.24. The molecule has 0 saturated heterocycles. The van der Waals surface area contributed by atoms with Crippen LogP contribution < -0.4 is 16.0 Å². The summed E-state index contributed by atoms with van der Waals surface area (Å²) < 4.78 is 1.95. The maximum absolute atomic E-state index is 6.34. The van der Waals surface area contributed by atoms with Crippen molar-refractivity contribution in [1.82, 2.24) is 19.7 Å². The van der Waals surface area contributed by atoms with Gasteiger partial charge >= 0.3 is 0 Å². The number of nitrogens with two attached hydrogens (primary N) is 1. The van der Waals surface area contributed by atoms with E-state index < -0.39 is 0 Å². The minimum Gasteiger partial charge on any atom is -0.323 e. The van der Waals surface area contributed by atoms with Crippen molar-refractivity contribution in [3.63, 3.8) is 0 Å². The second-order valence-corrected chi connectivity index (χ2v) is 9.62. The van der Waals surface area contributed by atoms with Gasteiger partial charge in [0.15, 0.2) is 5.13 Å². The molecule has 3 aromatic heterocycles. The predicted octanol–water partition coefficient (Wildman–Crippen LogP) is 5.29. The van der Waals surface area contributed by atoms with Gasteiger partial charge in [-0.1, -0.05) is 18.6 Å². The number of allylic oxidation sites excluding steroid dienone is 2. The van der Waals surface area contributed by atoms with Gasteiger partial charge < -0.3 is 16.0 Å². The third-order valence-electron chi connectivity index (χ3n) is 6.31. The largest absolute Gasteiger partial charge is 0.323 e. The van der Waals surface area contributed by atoms with Crippen LogP contribution in [0, 0.1) is 12.8 Å². The first-order valence-corrected chi connectivity index (χ1v) is 12.0. The van der Waals surface area contributed by atoms with Crippen molar-refractivity contribution in [2.75, 3.05) is 10.2 Å². The maximum atomic E-state index is 6.34. The highest BCUT2D eigenvalue weighted by molar-refractivity contribution is 7.14. The quantitative estimate of drug-likeness (QED) is 0.534. The molecule has 1 saturated carbocycles. The highest BCUT2D eigenvalue weighted by Gasteiger charge is 2.42. The number of nitrogens with zero attached hydrogens (tertiary/aromatic N) is 5. The van der Waals surface area contributed by atoms with Gasteiger partial charge in [-0.15, -0.1) is 11.3 Å². The third-order valence-corrected chi connectivity index (χ3v) is 7.07. The Morgan fingerprint density at radius 2 is 2.03 bits per heavy atom. The molecule has 166 valence electrons. The summed E-state index contributed by atoms with van der Waals surface area (Å²) in [5, 5.41) is 11.0. The molecule has 1 atom stereocenters. The number of hydrogen-bond donors (Lipinski definition) is 2. The highest BCUT2D eigenvalue weighted by Crippen LogP contribution is 2.43. The number of thiazole rings is 1. The van der Waals surface area contributed by atoms with E-state index in [1.165, 1.54) is 5.57 Å². The number of aromatic nitrogens is 4. The van der Waals surface area contributed by atoms with Gasteiger partial charge in [-0.25, -0.2) is 14.6 Å². The van der Waals surface area contributed by atoms with E-state index in [2.05, 4.69) is 66.7 Å². The Bertz CT molecular complexity index is 1210. The van der Waals surface area contributed by atoms with Crippen LogP contribution in [0.1, 0.15) is 45.0 Å². The average Bonchev–Trinajstić information content (AvgIpc) is 3.18. The summed E-state index contributed by atoms with van der Waals surface area (Å²) in [5.74, 6) is 1.40. The van der Waals surface area contributed by atoms with Crippen molar-refractivity contribution in [3.8, 4) is 11.4 Å². The van der Waals surface area contributed by atoms with E-state index in [0.717, 1.165) is 58.8 Å². The first-order chi connectivity index (χ1) is 15.4. The summed E-state index contributed by atoms with van der Waals surface area (Å²) in [6.07, 6.45) is 8.50. The zero-order valence-electron chi connectivity index (χ0n) is 19.0. The molecular weight excluding hydrogens is 418 g/mol. The van der Waals surface area contributed by atoms with Crippen LogP contribution in [-0.4, -0.2) is 19.7 Å². The topological polar surface area (TPSA) is 84.9 Å². The maximum Gasteiger partial charge on any atom is 0.188 e. The fourth-order valence-electron chi connectivity index (χ4n) is 3.82. The smallest absolute Gasteiger partial charge is 0.188 e. The van der Waals surface area contributed by atoms with Gasteiger partial charge in [-0.05, 0) is 51.7 Å². The molecule has 1 unspecified atom stereocenters. The molecule has 2 aliphatic rings. The van der Waals surface area contributed by atoms with Gasteiger partial charge in [0, 0.05) is 30.4 Å². The zero-order chi connectivity index (χ0) is 22.5. The van der Waals surface area contributed by atoms with Gasteiger partial charge in [0.2, 0.25) is 0 Å².